The van der Waals surface area contributed by atoms with E-state index in [1.165, 1.54) is 5.56 Å². The molecule has 1 fully saturated rings. The van der Waals surface area contributed by atoms with E-state index in [1.807, 2.05) is 30.9 Å². The molecule has 1 unspecified atom stereocenters. The fraction of sp³-hybridized carbons (Fsp3) is 0.455. The summed E-state index contributed by atoms with van der Waals surface area (Å²) in [5.74, 6) is 0.750. The van der Waals surface area contributed by atoms with Crippen molar-refractivity contribution in [3.8, 4) is 0 Å². The Balaban J connectivity index is 1.44. The van der Waals surface area contributed by atoms with Crippen molar-refractivity contribution in [1.29, 1.82) is 0 Å². The van der Waals surface area contributed by atoms with Crippen molar-refractivity contribution >= 4 is 11.8 Å². The summed E-state index contributed by atoms with van der Waals surface area (Å²) in [6, 6.07) is 8.23. The number of nitrogens with one attached hydrogen (secondary N) is 1. The van der Waals surface area contributed by atoms with Gasteiger partial charge in [-0.2, -0.15) is 0 Å². The first-order valence-electron chi connectivity index (χ1n) is 9.93. The lowest BCUT2D eigenvalue weighted by Crippen LogP contribution is -2.28. The van der Waals surface area contributed by atoms with Crippen LogP contribution in [0.1, 0.15) is 42.3 Å². The fourth-order valence-electron chi connectivity index (χ4n) is 3.52. The summed E-state index contributed by atoms with van der Waals surface area (Å²) >= 11 is 0. The quantitative estimate of drug-likeness (QED) is 0.801. The molecule has 1 N–H and O–H groups in total. The topological polar surface area (TPSA) is 75.2 Å². The Labute approximate surface area is 166 Å². The van der Waals surface area contributed by atoms with Gasteiger partial charge in [-0.15, -0.1) is 0 Å². The highest BCUT2D eigenvalue weighted by molar-refractivity contribution is 5.78. The van der Waals surface area contributed by atoms with Crippen LogP contribution in [0.15, 0.2) is 36.7 Å². The van der Waals surface area contributed by atoms with Crippen LogP contribution in [0.2, 0.25) is 0 Å². The van der Waals surface area contributed by atoms with E-state index in [9.17, 15) is 9.59 Å². The number of hydrogen-bond donors (Lipinski definition) is 1. The molecule has 1 aromatic carbocycles. The van der Waals surface area contributed by atoms with Crippen molar-refractivity contribution in [2.75, 3.05) is 13.1 Å². The molecule has 1 aliphatic heterocycles. The Bertz CT molecular complexity index is 802. The van der Waals surface area contributed by atoms with Gasteiger partial charge in [0, 0.05) is 25.7 Å². The van der Waals surface area contributed by atoms with Gasteiger partial charge in [-0.25, -0.2) is 0 Å². The molecular formula is C22H28N4O2. The van der Waals surface area contributed by atoms with Crippen LogP contribution in [0.4, 0.5) is 0 Å². The molecule has 0 bridgehead atoms. The van der Waals surface area contributed by atoms with Crippen LogP contribution in [0.3, 0.4) is 0 Å². The van der Waals surface area contributed by atoms with Gasteiger partial charge in [-0.3, -0.25) is 19.6 Å². The molecular weight excluding hydrogens is 352 g/mol. The number of benzene rings is 1. The van der Waals surface area contributed by atoms with E-state index in [0.717, 1.165) is 42.9 Å². The van der Waals surface area contributed by atoms with Crippen LogP contribution in [0.25, 0.3) is 0 Å². The second-order valence-corrected chi connectivity index (χ2v) is 7.47. The second kappa shape index (κ2) is 9.44. The van der Waals surface area contributed by atoms with Gasteiger partial charge in [-0.1, -0.05) is 31.2 Å². The first-order valence-corrected chi connectivity index (χ1v) is 9.93. The molecule has 2 amide bonds. The molecule has 2 heterocycles. The molecule has 3 rings (SSSR count). The van der Waals surface area contributed by atoms with Gasteiger partial charge in [0.25, 0.3) is 0 Å². The summed E-state index contributed by atoms with van der Waals surface area (Å²) in [4.78, 5) is 34.3. The van der Waals surface area contributed by atoms with Gasteiger partial charge in [0.1, 0.15) is 0 Å². The summed E-state index contributed by atoms with van der Waals surface area (Å²) in [6.45, 7) is 5.92. The number of carbonyl (C=O) groups excluding carboxylic acids is 2. The molecule has 2 aromatic rings. The highest BCUT2D eigenvalue weighted by Gasteiger charge is 2.25. The zero-order valence-corrected chi connectivity index (χ0v) is 16.6. The van der Waals surface area contributed by atoms with Gasteiger partial charge in [0.2, 0.25) is 11.8 Å². The second-order valence-electron chi connectivity index (χ2n) is 7.47. The predicted octanol–water partition coefficient (Wildman–Crippen LogP) is 2.44. The van der Waals surface area contributed by atoms with Crippen molar-refractivity contribution < 1.29 is 9.59 Å². The third kappa shape index (κ3) is 5.62. The Morgan fingerprint density at radius 1 is 1.14 bits per heavy atom. The molecule has 0 saturated carbocycles. The first-order chi connectivity index (χ1) is 13.5. The van der Waals surface area contributed by atoms with Gasteiger partial charge in [0.15, 0.2) is 0 Å². The summed E-state index contributed by atoms with van der Waals surface area (Å²) in [6.07, 6.45) is 6.36. The lowest BCUT2D eigenvalue weighted by atomic mass is 9.97. The van der Waals surface area contributed by atoms with Crippen molar-refractivity contribution in [3.63, 3.8) is 0 Å². The monoisotopic (exact) mass is 380 g/mol. The average Bonchev–Trinajstić information content (AvgIpc) is 3.17. The van der Waals surface area contributed by atoms with Crippen LogP contribution in [0.5, 0.6) is 0 Å². The maximum Gasteiger partial charge on any atom is 0.224 e. The summed E-state index contributed by atoms with van der Waals surface area (Å²) in [7, 11) is 0. The van der Waals surface area contributed by atoms with Gasteiger partial charge in [0.05, 0.1) is 30.6 Å². The Morgan fingerprint density at radius 3 is 2.57 bits per heavy atom. The number of hydrogen-bond acceptors (Lipinski definition) is 4. The van der Waals surface area contributed by atoms with E-state index in [4.69, 9.17) is 0 Å². The van der Waals surface area contributed by atoms with Crippen LogP contribution in [-0.4, -0.2) is 39.8 Å². The maximum atomic E-state index is 12.1. The van der Waals surface area contributed by atoms with Gasteiger partial charge >= 0.3 is 0 Å². The molecule has 1 saturated heterocycles. The molecule has 148 valence electrons. The molecule has 6 heteroatoms. The zero-order chi connectivity index (χ0) is 19.9. The number of aromatic nitrogens is 2. The van der Waals surface area contributed by atoms with Crippen molar-refractivity contribution in [3.05, 3.63) is 59.2 Å². The van der Waals surface area contributed by atoms with E-state index in [-0.39, 0.29) is 11.8 Å². The number of likely N-dealkylation sites (tertiary alicyclic amines) is 1. The van der Waals surface area contributed by atoms with Crippen LogP contribution >= 0.6 is 0 Å². The average molecular weight is 380 g/mol. The number of carbonyl (C=O) groups is 2. The Morgan fingerprint density at radius 2 is 1.89 bits per heavy atom. The summed E-state index contributed by atoms with van der Waals surface area (Å²) in [5, 5.41) is 2.88. The van der Waals surface area contributed by atoms with Crippen molar-refractivity contribution in [2.24, 2.45) is 5.92 Å². The third-order valence-electron chi connectivity index (χ3n) is 5.15. The molecule has 1 aromatic heterocycles. The number of nitrogens with zero attached hydrogens (tertiary/aromatic N) is 3. The minimum Gasteiger partial charge on any atom is -0.350 e. The normalized spacial score (nSPS) is 16.2. The van der Waals surface area contributed by atoms with Crippen LogP contribution in [0, 0.1) is 12.8 Å². The number of rotatable bonds is 7. The molecule has 28 heavy (non-hydrogen) atoms. The van der Waals surface area contributed by atoms with E-state index in [0.29, 0.717) is 25.3 Å². The predicted molar refractivity (Wildman–Crippen MR) is 107 cm³/mol. The standard InChI is InChI=1S/C22H28N4O2/c1-3-22(28)26-9-8-19(15-26)10-17-4-6-18(7-5-17)11-21(27)25-14-20-13-23-16(2)12-24-20/h4-7,12-13,19H,3,8-11,14-15H2,1-2H3,(H,25,27). The first kappa shape index (κ1) is 20.0. The van der Waals surface area contributed by atoms with E-state index < -0.39 is 0 Å². The molecule has 0 radical (unpaired) electrons. The zero-order valence-electron chi connectivity index (χ0n) is 16.6. The fourth-order valence-corrected chi connectivity index (χ4v) is 3.52. The Hall–Kier alpha value is -2.76. The largest absolute Gasteiger partial charge is 0.350 e. The van der Waals surface area contributed by atoms with Gasteiger partial charge < -0.3 is 10.2 Å². The smallest absolute Gasteiger partial charge is 0.224 e. The Kier molecular flexibility index (Phi) is 6.74. The molecule has 1 atom stereocenters. The molecule has 6 nitrogen and oxygen atoms in total. The van der Waals surface area contributed by atoms with Crippen molar-refractivity contribution in [2.45, 2.75) is 46.1 Å². The minimum absolute atomic E-state index is 0.0281. The number of amides is 2. The number of aryl methyl sites for hydroxylation is 1. The van der Waals surface area contributed by atoms with E-state index in [2.05, 4.69) is 27.4 Å². The molecule has 1 aliphatic rings. The lowest BCUT2D eigenvalue weighted by Gasteiger charge is -2.15. The maximum absolute atomic E-state index is 12.1. The summed E-state index contributed by atoms with van der Waals surface area (Å²) in [5.41, 5.74) is 3.86. The van der Waals surface area contributed by atoms with Crippen LogP contribution < -0.4 is 5.32 Å². The SMILES string of the molecule is CCC(=O)N1CCC(Cc2ccc(CC(=O)NCc3cnc(C)cn3)cc2)C1. The molecule has 0 spiro atoms. The van der Waals surface area contributed by atoms with E-state index >= 15 is 0 Å². The highest BCUT2D eigenvalue weighted by atomic mass is 16.2. The summed E-state index contributed by atoms with van der Waals surface area (Å²) < 4.78 is 0. The van der Waals surface area contributed by atoms with Gasteiger partial charge in [-0.05, 0) is 36.8 Å². The molecule has 0 aliphatic carbocycles. The minimum atomic E-state index is -0.0281. The van der Waals surface area contributed by atoms with Crippen molar-refractivity contribution in [1.82, 2.24) is 20.2 Å². The van der Waals surface area contributed by atoms with Crippen LogP contribution in [-0.2, 0) is 29.0 Å². The highest BCUT2D eigenvalue weighted by Crippen LogP contribution is 2.21. The lowest BCUT2D eigenvalue weighted by molar-refractivity contribution is -0.129. The third-order valence-corrected chi connectivity index (χ3v) is 5.15. The van der Waals surface area contributed by atoms with E-state index in [1.54, 1.807) is 12.4 Å².